The number of nitrogens with two attached hydrogens (primary N) is 1. The van der Waals surface area contributed by atoms with Gasteiger partial charge in [0.15, 0.2) is 11.6 Å². The molecule has 5 N–H and O–H groups in total. The normalized spacial score (nSPS) is 10.2. The largest absolute Gasteiger partial charge is 0.478 e. The predicted molar refractivity (Wildman–Crippen MR) is 90.6 cm³/mol. The van der Waals surface area contributed by atoms with E-state index in [9.17, 15) is 4.79 Å². The van der Waals surface area contributed by atoms with Crippen molar-refractivity contribution in [3.8, 4) is 0 Å². The van der Waals surface area contributed by atoms with E-state index in [0.29, 0.717) is 23.0 Å². The maximum Gasteiger partial charge on any atom is 0.335 e. The summed E-state index contributed by atoms with van der Waals surface area (Å²) >= 11 is 0. The number of carbonyl (C=O) groups is 1. The third-order valence-corrected chi connectivity index (χ3v) is 3.22. The van der Waals surface area contributed by atoms with Gasteiger partial charge in [0, 0.05) is 23.8 Å². The number of benzene rings is 1. The summed E-state index contributed by atoms with van der Waals surface area (Å²) in [5.74, 6) is -0.0996. The Hall–Kier alpha value is -3.68. The zero-order chi connectivity index (χ0) is 16.9. The molecule has 0 saturated heterocycles. The lowest BCUT2D eigenvalue weighted by atomic mass is 10.2. The van der Waals surface area contributed by atoms with Crippen LogP contribution in [0.2, 0.25) is 0 Å². The van der Waals surface area contributed by atoms with Gasteiger partial charge in [-0.15, -0.1) is 0 Å². The van der Waals surface area contributed by atoms with Gasteiger partial charge in [0.2, 0.25) is 0 Å². The number of nitrogens with zero attached hydrogens (tertiary/aromatic N) is 3. The number of pyridine rings is 1. The Morgan fingerprint density at radius 2 is 1.46 bits per heavy atom. The van der Waals surface area contributed by atoms with Gasteiger partial charge in [0.05, 0.1) is 5.56 Å². The van der Waals surface area contributed by atoms with Crippen LogP contribution in [-0.4, -0.2) is 26.0 Å². The Morgan fingerprint density at radius 1 is 0.917 bits per heavy atom. The van der Waals surface area contributed by atoms with Crippen LogP contribution in [0.3, 0.4) is 0 Å². The molecule has 0 bridgehead atoms. The summed E-state index contributed by atoms with van der Waals surface area (Å²) in [6, 6.07) is 9.86. The zero-order valence-corrected chi connectivity index (χ0v) is 12.5. The van der Waals surface area contributed by atoms with Crippen molar-refractivity contribution in [3.05, 3.63) is 60.7 Å². The average Bonchev–Trinajstić information content (AvgIpc) is 2.60. The lowest BCUT2D eigenvalue weighted by Crippen LogP contribution is -2.05. The Bertz CT molecular complexity index is 852. The van der Waals surface area contributed by atoms with Crippen LogP contribution < -0.4 is 16.4 Å². The van der Waals surface area contributed by atoms with Gasteiger partial charge < -0.3 is 21.5 Å². The summed E-state index contributed by atoms with van der Waals surface area (Å²) in [7, 11) is 0. The molecule has 0 spiro atoms. The first kappa shape index (κ1) is 15.2. The van der Waals surface area contributed by atoms with Crippen LogP contribution in [0.25, 0.3) is 0 Å². The highest BCUT2D eigenvalue weighted by molar-refractivity contribution is 5.88. The highest BCUT2D eigenvalue weighted by Gasteiger charge is 2.09. The van der Waals surface area contributed by atoms with Crippen molar-refractivity contribution < 1.29 is 9.90 Å². The van der Waals surface area contributed by atoms with Crippen molar-refractivity contribution in [1.29, 1.82) is 0 Å². The Balaban J connectivity index is 1.81. The summed E-state index contributed by atoms with van der Waals surface area (Å²) < 4.78 is 0. The monoisotopic (exact) mass is 322 g/mol. The summed E-state index contributed by atoms with van der Waals surface area (Å²) in [6.45, 7) is 0. The molecule has 3 aromatic rings. The maximum absolute atomic E-state index is 10.9. The molecule has 2 aromatic heterocycles. The molecule has 8 nitrogen and oxygen atoms in total. The van der Waals surface area contributed by atoms with E-state index >= 15 is 0 Å². The molecule has 3 rings (SSSR count). The van der Waals surface area contributed by atoms with Gasteiger partial charge in [-0.05, 0) is 36.4 Å². The van der Waals surface area contributed by atoms with E-state index in [1.165, 1.54) is 18.5 Å². The van der Waals surface area contributed by atoms with Crippen LogP contribution in [0.5, 0.6) is 0 Å². The van der Waals surface area contributed by atoms with Crippen molar-refractivity contribution in [1.82, 2.24) is 15.0 Å². The molecular formula is C16H14N6O2. The molecule has 0 fully saturated rings. The van der Waals surface area contributed by atoms with Crippen LogP contribution in [0.15, 0.2) is 55.1 Å². The molecule has 8 heteroatoms. The molecule has 0 unspecified atom stereocenters. The first-order valence-electron chi connectivity index (χ1n) is 7.01. The smallest absolute Gasteiger partial charge is 0.335 e. The van der Waals surface area contributed by atoms with Crippen molar-refractivity contribution in [3.63, 3.8) is 0 Å². The summed E-state index contributed by atoms with van der Waals surface area (Å²) in [5, 5.41) is 15.0. The van der Waals surface area contributed by atoms with Crippen LogP contribution in [0, 0.1) is 0 Å². The van der Waals surface area contributed by atoms with E-state index in [2.05, 4.69) is 25.6 Å². The molecule has 2 heterocycles. The number of carboxylic acid groups (broad SMARTS) is 1. The molecular weight excluding hydrogens is 308 g/mol. The average molecular weight is 322 g/mol. The second kappa shape index (κ2) is 6.61. The number of hydrogen-bond acceptors (Lipinski definition) is 7. The summed E-state index contributed by atoms with van der Waals surface area (Å²) in [6.07, 6.45) is 4.69. The highest BCUT2D eigenvalue weighted by Crippen LogP contribution is 2.27. The minimum atomic E-state index is -0.980. The third-order valence-electron chi connectivity index (χ3n) is 3.22. The first-order chi connectivity index (χ1) is 11.6. The second-order valence-corrected chi connectivity index (χ2v) is 4.85. The van der Waals surface area contributed by atoms with E-state index in [1.807, 2.05) is 0 Å². The number of aromatic carboxylic acids is 1. The van der Waals surface area contributed by atoms with Crippen LogP contribution in [0.4, 0.5) is 28.7 Å². The Kier molecular flexibility index (Phi) is 4.19. The lowest BCUT2D eigenvalue weighted by molar-refractivity contribution is 0.0697. The Labute approximate surface area is 137 Å². The van der Waals surface area contributed by atoms with E-state index < -0.39 is 5.97 Å². The lowest BCUT2D eigenvalue weighted by Gasteiger charge is -2.12. The Morgan fingerprint density at radius 3 is 2.00 bits per heavy atom. The van der Waals surface area contributed by atoms with Crippen LogP contribution >= 0.6 is 0 Å². The number of anilines is 5. The standard InChI is InChI=1S/C16H14N6O2/c17-13-14(21-11-3-1-10(2-4-11)16(23)24)19-9-20-15(13)22-12-5-7-18-8-6-12/h1-9H,17H2,(H,23,24)(H2,18,19,20,21,22). The van der Waals surface area contributed by atoms with E-state index in [4.69, 9.17) is 10.8 Å². The van der Waals surface area contributed by atoms with E-state index in [-0.39, 0.29) is 5.56 Å². The number of aromatic nitrogens is 3. The van der Waals surface area contributed by atoms with Crippen molar-refractivity contribution in [2.24, 2.45) is 0 Å². The maximum atomic E-state index is 10.9. The van der Waals surface area contributed by atoms with Gasteiger partial charge in [0.1, 0.15) is 12.0 Å². The molecule has 24 heavy (non-hydrogen) atoms. The molecule has 0 amide bonds. The quantitative estimate of drug-likeness (QED) is 0.565. The predicted octanol–water partition coefficient (Wildman–Crippen LogP) is 2.64. The van der Waals surface area contributed by atoms with Crippen molar-refractivity contribution in [2.75, 3.05) is 16.4 Å². The van der Waals surface area contributed by atoms with Crippen LogP contribution in [0.1, 0.15) is 10.4 Å². The highest BCUT2D eigenvalue weighted by atomic mass is 16.4. The van der Waals surface area contributed by atoms with Gasteiger partial charge in [0.25, 0.3) is 0 Å². The van der Waals surface area contributed by atoms with Gasteiger partial charge in [-0.2, -0.15) is 0 Å². The zero-order valence-electron chi connectivity index (χ0n) is 12.5. The van der Waals surface area contributed by atoms with Gasteiger partial charge in [-0.1, -0.05) is 0 Å². The topological polar surface area (TPSA) is 126 Å². The fraction of sp³-hybridized carbons (Fsp3) is 0. The van der Waals surface area contributed by atoms with Gasteiger partial charge >= 0.3 is 5.97 Å². The molecule has 0 saturated carbocycles. The van der Waals surface area contributed by atoms with E-state index in [0.717, 1.165) is 5.69 Å². The molecule has 0 aliphatic carbocycles. The number of rotatable bonds is 5. The first-order valence-corrected chi connectivity index (χ1v) is 7.01. The number of nitrogens with one attached hydrogen (secondary N) is 2. The number of hydrogen-bond donors (Lipinski definition) is 4. The molecule has 0 atom stereocenters. The summed E-state index contributed by atoms with van der Waals surface area (Å²) in [4.78, 5) is 23.1. The molecule has 1 aromatic carbocycles. The minimum absolute atomic E-state index is 0.205. The minimum Gasteiger partial charge on any atom is -0.478 e. The fourth-order valence-corrected chi connectivity index (χ4v) is 2.00. The summed E-state index contributed by atoms with van der Waals surface area (Å²) in [5.41, 5.74) is 8.11. The van der Waals surface area contributed by atoms with Gasteiger partial charge in [-0.3, -0.25) is 4.98 Å². The second-order valence-electron chi connectivity index (χ2n) is 4.85. The van der Waals surface area contributed by atoms with Crippen molar-refractivity contribution >= 4 is 34.7 Å². The van der Waals surface area contributed by atoms with Gasteiger partial charge in [-0.25, -0.2) is 14.8 Å². The molecule has 0 radical (unpaired) electrons. The number of nitrogen functional groups attached to an aromatic ring is 1. The molecule has 120 valence electrons. The SMILES string of the molecule is Nc1c(Nc2ccncc2)ncnc1Nc1ccc(C(=O)O)cc1. The fourth-order valence-electron chi connectivity index (χ4n) is 2.00. The van der Waals surface area contributed by atoms with Crippen LogP contribution in [-0.2, 0) is 0 Å². The van der Waals surface area contributed by atoms with Crippen molar-refractivity contribution in [2.45, 2.75) is 0 Å². The third kappa shape index (κ3) is 3.38. The number of carboxylic acids is 1. The molecule has 0 aliphatic heterocycles. The molecule has 0 aliphatic rings. The van der Waals surface area contributed by atoms with E-state index in [1.54, 1.807) is 36.7 Å².